The first-order valence-electron chi connectivity index (χ1n) is 14.8. The standard InChI is InChI=1S/C31H36N8O5S/c1-19(2)27-31-36-24(18-45-31)29(43)34-22(15-20-7-5-4-6-8-20)30-35-23(17-44-30)28(42)32-13-14-39(16-25(40)37-27)26(41)10-9-21-11-12-33-38(21)3/h4-8,11-12,17-19,22,27H,9-10,13-16H2,1-3H3,(H,32,42)(H,34,43)(H,37,40)/t22-,27-/m0/s1. The highest BCUT2D eigenvalue weighted by atomic mass is 32.1. The molecule has 3 aromatic heterocycles. The molecule has 0 spiro atoms. The topological polar surface area (TPSA) is 164 Å². The molecular weight excluding hydrogens is 596 g/mol. The van der Waals surface area contributed by atoms with E-state index in [1.165, 1.54) is 22.5 Å². The van der Waals surface area contributed by atoms with E-state index in [0.717, 1.165) is 11.3 Å². The average Bonchev–Trinajstić information content (AvgIpc) is 3.79. The molecule has 2 atom stereocenters. The number of aromatic nitrogens is 4. The highest BCUT2D eigenvalue weighted by molar-refractivity contribution is 7.09. The van der Waals surface area contributed by atoms with Crippen molar-refractivity contribution in [1.82, 2.24) is 40.6 Å². The zero-order chi connectivity index (χ0) is 31.9. The van der Waals surface area contributed by atoms with Crippen molar-refractivity contribution in [3.8, 4) is 0 Å². The quantitative estimate of drug-likeness (QED) is 0.292. The highest BCUT2D eigenvalue weighted by Crippen LogP contribution is 2.26. The molecule has 5 rings (SSSR count). The minimum Gasteiger partial charge on any atom is -0.446 e. The Bertz CT molecular complexity index is 1650. The molecule has 0 saturated heterocycles. The van der Waals surface area contributed by atoms with Gasteiger partial charge in [-0.15, -0.1) is 11.3 Å². The van der Waals surface area contributed by atoms with Gasteiger partial charge in [-0.25, -0.2) is 9.97 Å². The molecule has 0 radical (unpaired) electrons. The van der Waals surface area contributed by atoms with E-state index in [1.807, 2.05) is 50.2 Å². The number of hydrogen-bond acceptors (Lipinski definition) is 9. The third-order valence-corrected chi connectivity index (χ3v) is 8.44. The number of carbonyl (C=O) groups is 4. The minimum atomic E-state index is -0.682. The number of benzene rings is 1. The Morgan fingerprint density at radius 2 is 1.87 bits per heavy atom. The van der Waals surface area contributed by atoms with Gasteiger partial charge in [0.05, 0.1) is 12.6 Å². The molecule has 0 fully saturated rings. The van der Waals surface area contributed by atoms with Gasteiger partial charge in [-0.05, 0) is 24.0 Å². The van der Waals surface area contributed by atoms with Crippen molar-refractivity contribution in [2.24, 2.45) is 13.0 Å². The summed E-state index contributed by atoms with van der Waals surface area (Å²) in [6, 6.07) is 10.2. The lowest BCUT2D eigenvalue weighted by Gasteiger charge is -2.25. The molecule has 236 valence electrons. The van der Waals surface area contributed by atoms with Crippen molar-refractivity contribution in [2.75, 3.05) is 19.6 Å². The normalized spacial score (nSPS) is 18.1. The van der Waals surface area contributed by atoms with Gasteiger partial charge in [0.2, 0.25) is 17.7 Å². The van der Waals surface area contributed by atoms with Gasteiger partial charge >= 0.3 is 0 Å². The number of rotatable bonds is 6. The van der Waals surface area contributed by atoms with E-state index in [1.54, 1.807) is 23.3 Å². The highest BCUT2D eigenvalue weighted by Gasteiger charge is 2.28. The summed E-state index contributed by atoms with van der Waals surface area (Å²) in [5.74, 6) is -1.44. The summed E-state index contributed by atoms with van der Waals surface area (Å²) < 4.78 is 7.39. The summed E-state index contributed by atoms with van der Waals surface area (Å²) in [4.78, 5) is 63.4. The van der Waals surface area contributed by atoms with Gasteiger partial charge in [0.25, 0.3) is 11.8 Å². The van der Waals surface area contributed by atoms with Crippen molar-refractivity contribution in [3.63, 3.8) is 0 Å². The van der Waals surface area contributed by atoms with E-state index in [9.17, 15) is 19.2 Å². The Morgan fingerprint density at radius 3 is 2.60 bits per heavy atom. The number of fused-ring (bicyclic) bond motifs is 4. The van der Waals surface area contributed by atoms with Crippen LogP contribution in [0.25, 0.3) is 0 Å². The SMILES string of the molecule is CC(C)[C@@H]1NC(=O)CN(C(=O)CCc2ccnn2C)CCNC(=O)c2coc(n2)[C@H](Cc2ccccc2)NC(=O)c2csc1n2. The van der Waals surface area contributed by atoms with Crippen LogP contribution in [0.5, 0.6) is 0 Å². The second-order valence-electron chi connectivity index (χ2n) is 11.2. The lowest BCUT2D eigenvalue weighted by molar-refractivity contribution is -0.136. The predicted molar refractivity (Wildman–Crippen MR) is 165 cm³/mol. The summed E-state index contributed by atoms with van der Waals surface area (Å²) in [6.45, 7) is 3.87. The van der Waals surface area contributed by atoms with Crippen LogP contribution in [-0.4, -0.2) is 67.9 Å². The van der Waals surface area contributed by atoms with Crippen molar-refractivity contribution < 1.29 is 23.6 Å². The zero-order valence-electron chi connectivity index (χ0n) is 25.4. The van der Waals surface area contributed by atoms with Gasteiger partial charge in [-0.1, -0.05) is 44.2 Å². The molecule has 45 heavy (non-hydrogen) atoms. The Morgan fingerprint density at radius 1 is 1.07 bits per heavy atom. The van der Waals surface area contributed by atoms with E-state index >= 15 is 0 Å². The van der Waals surface area contributed by atoms with Gasteiger partial charge in [0.1, 0.15) is 23.0 Å². The van der Waals surface area contributed by atoms with E-state index in [-0.39, 0.29) is 61.1 Å². The first kappa shape index (κ1) is 31.6. The number of nitrogens with zero attached hydrogens (tertiary/aromatic N) is 5. The maximum atomic E-state index is 13.4. The van der Waals surface area contributed by atoms with Gasteiger partial charge < -0.3 is 25.3 Å². The molecule has 0 saturated carbocycles. The smallest absolute Gasteiger partial charge is 0.273 e. The molecule has 4 bridgehead atoms. The molecule has 1 aliphatic rings. The molecule has 3 N–H and O–H groups in total. The molecule has 4 amide bonds. The van der Waals surface area contributed by atoms with Gasteiger partial charge in [-0.2, -0.15) is 5.10 Å². The van der Waals surface area contributed by atoms with Crippen LogP contribution in [0.1, 0.15) is 75.5 Å². The lowest BCUT2D eigenvalue weighted by Crippen LogP contribution is -2.45. The fourth-order valence-electron chi connectivity index (χ4n) is 5.00. The number of nitrogens with one attached hydrogen (secondary N) is 3. The van der Waals surface area contributed by atoms with E-state index in [4.69, 9.17) is 4.42 Å². The number of carbonyl (C=O) groups excluding carboxylic acids is 4. The molecule has 0 aliphatic carbocycles. The Kier molecular flexibility index (Phi) is 10.0. The first-order valence-corrected chi connectivity index (χ1v) is 15.6. The van der Waals surface area contributed by atoms with Gasteiger partial charge in [0, 0.05) is 50.2 Å². The van der Waals surface area contributed by atoms with Crippen LogP contribution < -0.4 is 16.0 Å². The monoisotopic (exact) mass is 632 g/mol. The molecule has 1 aromatic carbocycles. The second-order valence-corrected chi connectivity index (χ2v) is 12.1. The molecule has 14 heteroatoms. The second kappa shape index (κ2) is 14.3. The van der Waals surface area contributed by atoms with Crippen LogP contribution in [0, 0.1) is 5.92 Å². The Labute approximate surface area is 264 Å². The third kappa shape index (κ3) is 8.01. The fraction of sp³-hybridized carbons (Fsp3) is 0.387. The minimum absolute atomic E-state index is 0.0287. The maximum Gasteiger partial charge on any atom is 0.273 e. The summed E-state index contributed by atoms with van der Waals surface area (Å²) in [5.41, 5.74) is 2.04. The van der Waals surface area contributed by atoms with Crippen LogP contribution in [-0.2, 0) is 29.5 Å². The van der Waals surface area contributed by atoms with Crippen molar-refractivity contribution in [1.29, 1.82) is 0 Å². The summed E-state index contributed by atoms with van der Waals surface area (Å²) in [5, 5.41) is 15.1. The molecule has 4 heterocycles. The molecule has 1 aliphatic heterocycles. The summed E-state index contributed by atoms with van der Waals surface area (Å²) in [7, 11) is 1.80. The Hall–Kier alpha value is -4.85. The number of oxazole rings is 1. The Balaban J connectivity index is 1.41. The zero-order valence-corrected chi connectivity index (χ0v) is 26.2. The number of aryl methyl sites for hydroxylation is 2. The molecule has 0 unspecified atom stereocenters. The third-order valence-electron chi connectivity index (χ3n) is 7.52. The van der Waals surface area contributed by atoms with Crippen LogP contribution in [0.3, 0.4) is 0 Å². The molecule has 13 nitrogen and oxygen atoms in total. The van der Waals surface area contributed by atoms with Crippen LogP contribution in [0.4, 0.5) is 0 Å². The van der Waals surface area contributed by atoms with E-state index < -0.39 is 23.9 Å². The van der Waals surface area contributed by atoms with Crippen molar-refractivity contribution in [3.05, 3.63) is 87.8 Å². The largest absolute Gasteiger partial charge is 0.446 e. The summed E-state index contributed by atoms with van der Waals surface area (Å²) >= 11 is 1.27. The molecular formula is C31H36N8O5S. The number of hydrogen-bond donors (Lipinski definition) is 3. The lowest BCUT2D eigenvalue weighted by atomic mass is 10.0. The molecule has 4 aromatic rings. The van der Waals surface area contributed by atoms with Gasteiger partial charge in [-0.3, -0.25) is 23.9 Å². The summed E-state index contributed by atoms with van der Waals surface area (Å²) in [6.07, 6.45) is 3.88. The number of amides is 4. The van der Waals surface area contributed by atoms with Gasteiger partial charge in [0.15, 0.2) is 5.69 Å². The van der Waals surface area contributed by atoms with Crippen molar-refractivity contribution >= 4 is 35.0 Å². The number of thiazole rings is 1. The van der Waals surface area contributed by atoms with E-state index in [0.29, 0.717) is 17.8 Å². The maximum absolute atomic E-state index is 13.4. The first-order chi connectivity index (χ1) is 21.7. The van der Waals surface area contributed by atoms with Crippen LogP contribution in [0.2, 0.25) is 0 Å². The predicted octanol–water partition coefficient (Wildman–Crippen LogP) is 2.60. The van der Waals surface area contributed by atoms with Crippen molar-refractivity contribution in [2.45, 2.75) is 45.2 Å². The fourth-order valence-corrected chi connectivity index (χ4v) is 6.02. The van der Waals surface area contributed by atoms with Crippen LogP contribution >= 0.6 is 11.3 Å². The average molecular weight is 633 g/mol. The van der Waals surface area contributed by atoms with E-state index in [2.05, 4.69) is 31.0 Å². The van der Waals surface area contributed by atoms with Crippen LogP contribution in [0.15, 0.2) is 58.7 Å².